The van der Waals surface area contributed by atoms with E-state index in [4.69, 9.17) is 16.3 Å². The van der Waals surface area contributed by atoms with E-state index in [1.165, 1.54) is 11.1 Å². The van der Waals surface area contributed by atoms with Crippen molar-refractivity contribution < 1.29 is 4.74 Å². The van der Waals surface area contributed by atoms with Crippen molar-refractivity contribution in [1.29, 1.82) is 0 Å². The Balaban J connectivity index is 2.35. The van der Waals surface area contributed by atoms with Crippen molar-refractivity contribution in [1.82, 2.24) is 5.32 Å². The van der Waals surface area contributed by atoms with Crippen LogP contribution < -0.4 is 10.1 Å². The zero-order chi connectivity index (χ0) is 11.7. The Labute approximate surface area is 102 Å². The van der Waals surface area contributed by atoms with Crippen LogP contribution in [0.4, 0.5) is 0 Å². The van der Waals surface area contributed by atoms with E-state index in [-0.39, 0.29) is 12.1 Å². The van der Waals surface area contributed by atoms with Crippen LogP contribution in [0.2, 0.25) is 5.02 Å². The molecule has 1 heterocycles. The van der Waals surface area contributed by atoms with Gasteiger partial charge in [0.25, 0.3) is 0 Å². The number of hydrogen-bond donors (Lipinski definition) is 1. The summed E-state index contributed by atoms with van der Waals surface area (Å²) in [4.78, 5) is 0. The van der Waals surface area contributed by atoms with Gasteiger partial charge in [0.15, 0.2) is 0 Å². The third-order valence-corrected chi connectivity index (χ3v) is 3.36. The Morgan fingerprint density at radius 1 is 1.44 bits per heavy atom. The molecule has 88 valence electrons. The van der Waals surface area contributed by atoms with Crippen LogP contribution in [0.25, 0.3) is 0 Å². The Morgan fingerprint density at radius 2 is 2.19 bits per heavy atom. The van der Waals surface area contributed by atoms with Gasteiger partial charge in [-0.2, -0.15) is 0 Å². The standard InChI is InChI=1S/C13H18ClNO/c1-4-7-15-12-9(3)16-13-10(14)6-5-8(2)11(12)13/h5-6,9,12,15H,4,7H2,1-3H3. The summed E-state index contributed by atoms with van der Waals surface area (Å²) in [6, 6.07) is 4.24. The van der Waals surface area contributed by atoms with Crippen molar-refractivity contribution in [3.8, 4) is 5.75 Å². The number of halogens is 1. The molecule has 0 aromatic heterocycles. The van der Waals surface area contributed by atoms with Gasteiger partial charge in [0.1, 0.15) is 11.9 Å². The quantitative estimate of drug-likeness (QED) is 0.872. The predicted octanol–water partition coefficient (Wildman–Crippen LogP) is 3.47. The molecule has 0 bridgehead atoms. The van der Waals surface area contributed by atoms with E-state index < -0.39 is 0 Å². The van der Waals surface area contributed by atoms with E-state index in [1.807, 2.05) is 6.07 Å². The third kappa shape index (κ3) is 1.92. The third-order valence-electron chi connectivity index (χ3n) is 3.06. The van der Waals surface area contributed by atoms with Crippen molar-refractivity contribution >= 4 is 11.6 Å². The molecule has 1 aromatic carbocycles. The van der Waals surface area contributed by atoms with E-state index >= 15 is 0 Å². The lowest BCUT2D eigenvalue weighted by Gasteiger charge is -2.17. The minimum atomic E-state index is 0.153. The SMILES string of the molecule is CCCNC1c2c(C)ccc(Cl)c2OC1C. The molecule has 2 nitrogen and oxygen atoms in total. The maximum absolute atomic E-state index is 6.15. The van der Waals surface area contributed by atoms with Crippen LogP contribution in [-0.2, 0) is 0 Å². The smallest absolute Gasteiger partial charge is 0.143 e. The molecule has 0 aliphatic carbocycles. The van der Waals surface area contributed by atoms with Crippen LogP contribution in [-0.4, -0.2) is 12.6 Å². The van der Waals surface area contributed by atoms with Gasteiger partial charge in [0, 0.05) is 5.56 Å². The molecule has 0 radical (unpaired) electrons. The summed E-state index contributed by atoms with van der Waals surface area (Å²) in [6.07, 6.45) is 1.28. The van der Waals surface area contributed by atoms with Crippen LogP contribution in [0.1, 0.15) is 37.4 Å². The fourth-order valence-electron chi connectivity index (χ4n) is 2.23. The molecule has 1 N–H and O–H groups in total. The minimum absolute atomic E-state index is 0.153. The van der Waals surface area contributed by atoms with E-state index in [1.54, 1.807) is 0 Å². The zero-order valence-corrected chi connectivity index (χ0v) is 10.8. The lowest BCUT2D eigenvalue weighted by molar-refractivity contribution is 0.210. The van der Waals surface area contributed by atoms with Crippen LogP contribution in [0.5, 0.6) is 5.75 Å². The predicted molar refractivity (Wildman–Crippen MR) is 67.3 cm³/mol. The van der Waals surface area contributed by atoms with E-state index in [0.29, 0.717) is 5.02 Å². The zero-order valence-electron chi connectivity index (χ0n) is 10.0. The average molecular weight is 240 g/mol. The Kier molecular flexibility index (Phi) is 3.41. The lowest BCUT2D eigenvalue weighted by atomic mass is 9.99. The molecule has 0 fully saturated rings. The Bertz CT molecular complexity index is 392. The molecule has 16 heavy (non-hydrogen) atoms. The molecule has 1 aliphatic rings. The summed E-state index contributed by atoms with van der Waals surface area (Å²) in [5.74, 6) is 0.864. The number of fused-ring (bicyclic) bond motifs is 1. The second-order valence-corrected chi connectivity index (χ2v) is 4.77. The fourth-order valence-corrected chi connectivity index (χ4v) is 2.44. The summed E-state index contributed by atoms with van der Waals surface area (Å²) in [5.41, 5.74) is 2.48. The average Bonchev–Trinajstić information content (AvgIpc) is 2.59. The Morgan fingerprint density at radius 3 is 2.88 bits per heavy atom. The highest BCUT2D eigenvalue weighted by atomic mass is 35.5. The van der Waals surface area contributed by atoms with E-state index in [0.717, 1.165) is 18.7 Å². The molecule has 2 unspecified atom stereocenters. The summed E-state index contributed by atoms with van der Waals surface area (Å²) in [5, 5.41) is 4.24. The summed E-state index contributed by atoms with van der Waals surface area (Å²) in [6.45, 7) is 7.36. The first kappa shape index (κ1) is 11.7. The summed E-state index contributed by atoms with van der Waals surface area (Å²) >= 11 is 6.15. The highest BCUT2D eigenvalue weighted by molar-refractivity contribution is 6.32. The maximum Gasteiger partial charge on any atom is 0.143 e. The Hall–Kier alpha value is -0.730. The van der Waals surface area contributed by atoms with Crippen molar-refractivity contribution in [2.75, 3.05) is 6.54 Å². The first-order valence-corrected chi connectivity index (χ1v) is 6.22. The normalized spacial score (nSPS) is 23.0. The summed E-state index contributed by atoms with van der Waals surface area (Å²) < 4.78 is 5.83. The molecule has 2 rings (SSSR count). The van der Waals surface area contributed by atoms with E-state index in [9.17, 15) is 0 Å². The van der Waals surface area contributed by atoms with Gasteiger partial charge < -0.3 is 10.1 Å². The highest BCUT2D eigenvalue weighted by Crippen LogP contribution is 2.43. The monoisotopic (exact) mass is 239 g/mol. The number of rotatable bonds is 3. The van der Waals surface area contributed by atoms with Gasteiger partial charge in [-0.25, -0.2) is 0 Å². The molecular formula is C13H18ClNO. The molecule has 0 saturated heterocycles. The second kappa shape index (κ2) is 4.64. The van der Waals surface area contributed by atoms with Gasteiger partial charge in [-0.1, -0.05) is 24.6 Å². The van der Waals surface area contributed by atoms with Crippen molar-refractivity contribution in [3.63, 3.8) is 0 Å². The lowest BCUT2D eigenvalue weighted by Crippen LogP contribution is -2.29. The first-order valence-electron chi connectivity index (χ1n) is 5.84. The largest absolute Gasteiger partial charge is 0.487 e. The molecular weight excluding hydrogens is 222 g/mol. The second-order valence-electron chi connectivity index (χ2n) is 4.36. The minimum Gasteiger partial charge on any atom is -0.487 e. The molecule has 3 heteroatoms. The maximum atomic E-state index is 6.15. The number of ether oxygens (including phenoxy) is 1. The van der Waals surface area contributed by atoms with Gasteiger partial charge in [0.2, 0.25) is 0 Å². The topological polar surface area (TPSA) is 21.3 Å². The van der Waals surface area contributed by atoms with Crippen LogP contribution >= 0.6 is 11.6 Å². The fraction of sp³-hybridized carbons (Fsp3) is 0.538. The van der Waals surface area contributed by atoms with Crippen LogP contribution in [0.15, 0.2) is 12.1 Å². The van der Waals surface area contributed by atoms with Crippen molar-refractivity contribution in [2.45, 2.75) is 39.3 Å². The van der Waals surface area contributed by atoms with Crippen molar-refractivity contribution in [3.05, 3.63) is 28.3 Å². The van der Waals surface area contributed by atoms with Crippen LogP contribution in [0.3, 0.4) is 0 Å². The van der Waals surface area contributed by atoms with Gasteiger partial charge in [-0.05, 0) is 38.4 Å². The number of aryl methyl sites for hydroxylation is 1. The van der Waals surface area contributed by atoms with E-state index in [2.05, 4.69) is 32.2 Å². The number of nitrogens with one attached hydrogen (secondary N) is 1. The molecule has 1 aliphatic heterocycles. The summed E-state index contributed by atoms with van der Waals surface area (Å²) in [7, 11) is 0. The van der Waals surface area contributed by atoms with Gasteiger partial charge in [-0.3, -0.25) is 0 Å². The molecule has 0 spiro atoms. The van der Waals surface area contributed by atoms with Crippen LogP contribution in [0, 0.1) is 6.92 Å². The van der Waals surface area contributed by atoms with Gasteiger partial charge >= 0.3 is 0 Å². The molecule has 0 amide bonds. The highest BCUT2D eigenvalue weighted by Gasteiger charge is 2.33. The van der Waals surface area contributed by atoms with Crippen molar-refractivity contribution in [2.24, 2.45) is 0 Å². The first-order chi connectivity index (χ1) is 7.65. The number of benzene rings is 1. The molecule has 2 atom stereocenters. The van der Waals surface area contributed by atoms with Gasteiger partial charge in [-0.15, -0.1) is 0 Å². The molecule has 0 saturated carbocycles. The van der Waals surface area contributed by atoms with Gasteiger partial charge in [0.05, 0.1) is 11.1 Å². The molecule has 1 aromatic rings. The number of hydrogen-bond acceptors (Lipinski definition) is 2.